The van der Waals surface area contributed by atoms with Crippen molar-refractivity contribution in [3.8, 4) is 0 Å². The zero-order valence-electron chi connectivity index (χ0n) is 25.6. The number of rotatable bonds is 7. The molecule has 1 saturated carbocycles. The Morgan fingerprint density at radius 2 is 1.68 bits per heavy atom. The Hall–Kier alpha value is -3.40. The first-order valence-corrected chi connectivity index (χ1v) is 15.4. The summed E-state index contributed by atoms with van der Waals surface area (Å²) in [6.07, 6.45) is 5.38. The lowest BCUT2D eigenvalue weighted by molar-refractivity contribution is -0.141. The van der Waals surface area contributed by atoms with E-state index in [0.717, 1.165) is 48.9 Å². The third kappa shape index (κ3) is 5.71. The van der Waals surface area contributed by atoms with Gasteiger partial charge in [0, 0.05) is 12.1 Å². The van der Waals surface area contributed by atoms with E-state index in [4.69, 9.17) is 0 Å². The maximum absolute atomic E-state index is 14.3. The van der Waals surface area contributed by atoms with Crippen LogP contribution in [0.3, 0.4) is 0 Å². The number of aryl methyl sites for hydroxylation is 3. The average Bonchev–Trinajstić information content (AvgIpc) is 2.94. The van der Waals surface area contributed by atoms with Gasteiger partial charge < -0.3 is 10.6 Å². The highest BCUT2D eigenvalue weighted by molar-refractivity contribution is 5.98. The monoisotopic (exact) mass is 550 g/mol. The van der Waals surface area contributed by atoms with Crippen LogP contribution in [0.5, 0.6) is 0 Å². The van der Waals surface area contributed by atoms with Crippen LogP contribution in [0.1, 0.15) is 92.7 Å². The molecule has 3 aromatic rings. The largest absolute Gasteiger partial charge is 0.343 e. The minimum atomic E-state index is -0.666. The molecule has 0 aromatic heterocycles. The molecule has 0 bridgehead atoms. The number of hydrogen-bond acceptors (Lipinski definition) is 2. The summed E-state index contributed by atoms with van der Waals surface area (Å²) in [6.45, 7) is 13.1. The van der Waals surface area contributed by atoms with Gasteiger partial charge in [0.2, 0.25) is 11.8 Å². The minimum Gasteiger partial charge on any atom is -0.343 e. The molecule has 0 radical (unpaired) electrons. The van der Waals surface area contributed by atoms with E-state index < -0.39 is 11.5 Å². The quantitative estimate of drug-likeness (QED) is 0.315. The van der Waals surface area contributed by atoms with E-state index in [0.29, 0.717) is 12.3 Å². The molecule has 0 unspecified atom stereocenters. The van der Waals surface area contributed by atoms with Crippen LogP contribution in [-0.2, 0) is 27.8 Å². The van der Waals surface area contributed by atoms with Gasteiger partial charge in [-0.1, -0.05) is 88.7 Å². The number of nitrogens with one attached hydrogen (secondary N) is 2. The van der Waals surface area contributed by atoms with Crippen molar-refractivity contribution in [1.29, 1.82) is 0 Å². The van der Waals surface area contributed by atoms with Crippen molar-refractivity contribution in [2.24, 2.45) is 11.3 Å². The van der Waals surface area contributed by atoms with Crippen LogP contribution in [0.15, 0.2) is 66.7 Å². The molecule has 2 aliphatic rings. The summed E-state index contributed by atoms with van der Waals surface area (Å²) in [7, 11) is 0. The predicted molar refractivity (Wildman–Crippen MR) is 168 cm³/mol. The Morgan fingerprint density at radius 3 is 2.39 bits per heavy atom. The summed E-state index contributed by atoms with van der Waals surface area (Å²) in [4.78, 5) is 28.0. The Bertz CT molecular complexity index is 1430. The summed E-state index contributed by atoms with van der Waals surface area (Å²) in [5.41, 5.74) is 7.76. The summed E-state index contributed by atoms with van der Waals surface area (Å²) in [5, 5.41) is 6.36. The number of carbonyl (C=O) groups excluding carboxylic acids is 2. The maximum atomic E-state index is 14.3. The number of fused-ring (bicyclic) bond motifs is 3. The number of hydrogen-bond donors (Lipinski definition) is 2. The highest BCUT2D eigenvalue weighted by Gasteiger charge is 2.55. The molecule has 5 rings (SSSR count). The molecule has 0 aliphatic heterocycles. The third-order valence-corrected chi connectivity index (χ3v) is 10.2. The topological polar surface area (TPSA) is 58.2 Å². The van der Waals surface area contributed by atoms with Gasteiger partial charge in [0.05, 0.1) is 5.41 Å². The molecule has 1 fully saturated rings. The second-order valence-corrected chi connectivity index (χ2v) is 13.4. The fourth-order valence-corrected chi connectivity index (χ4v) is 7.57. The van der Waals surface area contributed by atoms with E-state index in [1.165, 1.54) is 22.3 Å². The van der Waals surface area contributed by atoms with Gasteiger partial charge in [-0.3, -0.25) is 9.59 Å². The van der Waals surface area contributed by atoms with E-state index in [-0.39, 0.29) is 23.1 Å². The van der Waals surface area contributed by atoms with Gasteiger partial charge in [0.15, 0.2) is 0 Å². The van der Waals surface area contributed by atoms with Gasteiger partial charge in [0.1, 0.15) is 6.04 Å². The van der Waals surface area contributed by atoms with Crippen molar-refractivity contribution in [2.75, 3.05) is 5.32 Å². The Labute approximate surface area is 246 Å². The summed E-state index contributed by atoms with van der Waals surface area (Å²) in [5.74, 6) is 0.556. The van der Waals surface area contributed by atoms with Crippen molar-refractivity contribution < 1.29 is 9.59 Å². The molecular weight excluding hydrogens is 504 g/mol. The lowest BCUT2D eigenvalue weighted by Gasteiger charge is -2.54. The fraction of sp³-hybridized carbons (Fsp3) is 0.459. The van der Waals surface area contributed by atoms with Crippen LogP contribution >= 0.6 is 0 Å². The lowest BCUT2D eigenvalue weighted by atomic mass is 9.49. The van der Waals surface area contributed by atoms with Crippen LogP contribution in [0.25, 0.3) is 0 Å². The predicted octanol–water partition coefficient (Wildman–Crippen LogP) is 7.80. The first kappa shape index (κ1) is 29.1. The van der Waals surface area contributed by atoms with Gasteiger partial charge in [-0.25, -0.2) is 0 Å². The van der Waals surface area contributed by atoms with Crippen molar-refractivity contribution >= 4 is 17.5 Å². The van der Waals surface area contributed by atoms with Crippen LogP contribution in [0, 0.1) is 25.2 Å². The molecule has 2 aliphatic carbocycles. The van der Waals surface area contributed by atoms with Crippen LogP contribution in [0.4, 0.5) is 5.69 Å². The number of amides is 2. The van der Waals surface area contributed by atoms with Crippen LogP contribution < -0.4 is 10.6 Å². The molecule has 216 valence electrons. The van der Waals surface area contributed by atoms with Crippen LogP contribution in [-0.4, -0.2) is 17.9 Å². The maximum Gasteiger partial charge on any atom is 0.247 e. The standard InChI is InChI=1S/C37H46N2O2/c1-24(2)28-14-17-31-29(23-28)15-18-33-36(31,5)19-10-20-37(33,6)35(41)39-32(22-27-11-8-7-9-12-27)34(40)38-30-16-13-25(3)26(4)21-30/h7-9,11-14,16-17,21,23-24,32-33H,10,15,18-20,22H2,1-6H3,(H,38,40)(H,39,41)/t32-,33-,36-,37-/m1/s1. The van der Waals surface area contributed by atoms with Gasteiger partial charge in [0.25, 0.3) is 0 Å². The van der Waals surface area contributed by atoms with Crippen molar-refractivity contribution in [1.82, 2.24) is 5.32 Å². The van der Waals surface area contributed by atoms with Crippen molar-refractivity contribution in [3.63, 3.8) is 0 Å². The molecule has 4 atom stereocenters. The normalized spacial score (nSPS) is 24.2. The SMILES string of the molecule is Cc1ccc(NC(=O)[C@@H](Cc2ccccc2)NC(=O)[C@]2(C)CCC[C@]3(C)c4ccc(C(C)C)cc4CC[C@@H]23)cc1C. The fourth-order valence-electron chi connectivity index (χ4n) is 7.57. The van der Waals surface area contributed by atoms with E-state index in [2.05, 4.69) is 63.5 Å². The minimum absolute atomic E-state index is 0.00634. The molecule has 2 N–H and O–H groups in total. The smallest absolute Gasteiger partial charge is 0.247 e. The first-order chi connectivity index (χ1) is 19.5. The van der Waals surface area contributed by atoms with Crippen molar-refractivity contribution in [3.05, 3.63) is 100 Å². The van der Waals surface area contributed by atoms with Gasteiger partial charge >= 0.3 is 0 Å². The molecule has 0 heterocycles. The molecule has 2 amide bonds. The Morgan fingerprint density at radius 1 is 0.927 bits per heavy atom. The van der Waals surface area contributed by atoms with E-state index in [1.807, 2.05) is 55.5 Å². The Kier molecular flexibility index (Phi) is 8.14. The number of anilines is 1. The van der Waals surface area contributed by atoms with Gasteiger partial charge in [-0.05, 0) is 102 Å². The molecular formula is C37H46N2O2. The second kappa shape index (κ2) is 11.5. The zero-order chi connectivity index (χ0) is 29.4. The molecule has 4 nitrogen and oxygen atoms in total. The zero-order valence-corrected chi connectivity index (χ0v) is 25.6. The average molecular weight is 551 g/mol. The van der Waals surface area contributed by atoms with E-state index in [9.17, 15) is 9.59 Å². The highest BCUT2D eigenvalue weighted by Crippen LogP contribution is 2.57. The summed E-state index contributed by atoms with van der Waals surface area (Å²) >= 11 is 0. The van der Waals surface area contributed by atoms with E-state index in [1.54, 1.807) is 0 Å². The van der Waals surface area contributed by atoms with Gasteiger partial charge in [-0.2, -0.15) is 0 Å². The molecule has 4 heteroatoms. The lowest BCUT2D eigenvalue weighted by Crippen LogP contribution is -2.58. The summed E-state index contributed by atoms with van der Waals surface area (Å²) < 4.78 is 0. The summed E-state index contributed by atoms with van der Waals surface area (Å²) in [6, 6.07) is 22.3. The third-order valence-electron chi connectivity index (χ3n) is 10.2. The van der Waals surface area contributed by atoms with Crippen LogP contribution in [0.2, 0.25) is 0 Å². The molecule has 0 saturated heterocycles. The molecule has 0 spiro atoms. The first-order valence-electron chi connectivity index (χ1n) is 15.4. The number of carbonyl (C=O) groups is 2. The van der Waals surface area contributed by atoms with E-state index >= 15 is 0 Å². The highest BCUT2D eigenvalue weighted by atomic mass is 16.2. The van der Waals surface area contributed by atoms with Gasteiger partial charge in [-0.15, -0.1) is 0 Å². The number of benzene rings is 3. The molecule has 3 aromatic carbocycles. The van der Waals surface area contributed by atoms with Crippen molar-refractivity contribution in [2.45, 2.75) is 97.4 Å². The second-order valence-electron chi connectivity index (χ2n) is 13.4. The Balaban J connectivity index is 1.41. The molecule has 41 heavy (non-hydrogen) atoms.